The van der Waals surface area contributed by atoms with E-state index in [1.807, 2.05) is 41.9 Å². The summed E-state index contributed by atoms with van der Waals surface area (Å²) in [6.07, 6.45) is 6.32. The lowest BCUT2D eigenvalue weighted by Gasteiger charge is -2.31. The van der Waals surface area contributed by atoms with E-state index in [-0.39, 0.29) is 5.91 Å². The van der Waals surface area contributed by atoms with Crippen LogP contribution in [-0.4, -0.2) is 77.1 Å². The van der Waals surface area contributed by atoms with Crippen LogP contribution in [0.1, 0.15) is 17.5 Å². The second-order valence-corrected chi connectivity index (χ2v) is 10.6. The summed E-state index contributed by atoms with van der Waals surface area (Å²) in [5.74, 6) is 1.33. The minimum atomic E-state index is -0.304. The minimum absolute atomic E-state index is 0.304. The zero-order chi connectivity index (χ0) is 29.8. The molecular formula is C32H36N8O3. The number of carbonyl (C=O) groups excluding carboxylic acids is 1. The zero-order valence-corrected chi connectivity index (χ0v) is 24.5. The molecule has 1 amide bonds. The van der Waals surface area contributed by atoms with Crippen LogP contribution in [0.3, 0.4) is 0 Å². The molecule has 0 radical (unpaired) electrons. The van der Waals surface area contributed by atoms with Crippen LogP contribution in [0.5, 0.6) is 5.75 Å². The van der Waals surface area contributed by atoms with Gasteiger partial charge < -0.3 is 25.0 Å². The van der Waals surface area contributed by atoms with Crippen molar-refractivity contribution in [1.29, 1.82) is 0 Å². The van der Waals surface area contributed by atoms with Gasteiger partial charge in [0.1, 0.15) is 5.75 Å². The number of ether oxygens (including phenoxy) is 2. The Bertz CT molecular complexity index is 1610. The minimum Gasteiger partial charge on any atom is -0.494 e. The van der Waals surface area contributed by atoms with Crippen molar-refractivity contribution in [3.05, 3.63) is 78.6 Å². The Balaban J connectivity index is 1.35. The summed E-state index contributed by atoms with van der Waals surface area (Å²) in [5, 5.41) is 11.2. The Hall–Kier alpha value is -4.74. The van der Waals surface area contributed by atoms with Gasteiger partial charge in [0.15, 0.2) is 5.82 Å². The van der Waals surface area contributed by atoms with Crippen LogP contribution < -0.4 is 20.3 Å². The Morgan fingerprint density at radius 2 is 1.91 bits per heavy atom. The summed E-state index contributed by atoms with van der Waals surface area (Å²) in [5.41, 5.74) is 6.13. The quantitative estimate of drug-likeness (QED) is 0.261. The number of amides is 1. The van der Waals surface area contributed by atoms with Crippen molar-refractivity contribution in [3.8, 4) is 22.8 Å². The second-order valence-electron chi connectivity index (χ2n) is 10.6. The standard InChI is InChI=1S/C32H36N8O3/c1-4-29(41)34-25-17-26(28(42-3)18-27(25)39-13-15-43-16-14-39)35-32-33-19-22(2)31(36-32)40-21-24(20-38-11-8-12-38)30(37-40)23-9-6-5-7-10-23/h4-7,9-10,17-19,21H,1,8,11-16,20H2,2-3H3,(H,34,41)(H,33,35,36). The number of carbonyl (C=O) groups is 1. The molecule has 11 nitrogen and oxygen atoms in total. The Morgan fingerprint density at radius 3 is 2.60 bits per heavy atom. The first-order valence-corrected chi connectivity index (χ1v) is 14.5. The summed E-state index contributed by atoms with van der Waals surface area (Å²) < 4.78 is 13.1. The van der Waals surface area contributed by atoms with E-state index >= 15 is 0 Å². The molecule has 0 saturated carbocycles. The number of methoxy groups -OCH3 is 1. The molecule has 2 aromatic heterocycles. The lowest BCUT2D eigenvalue weighted by molar-refractivity contribution is -0.111. The molecule has 2 fully saturated rings. The Kier molecular flexibility index (Phi) is 8.34. The molecule has 4 heterocycles. The van der Waals surface area contributed by atoms with Crippen molar-refractivity contribution in [1.82, 2.24) is 24.6 Å². The van der Waals surface area contributed by atoms with Crippen molar-refractivity contribution >= 4 is 28.9 Å². The number of nitrogens with zero attached hydrogens (tertiary/aromatic N) is 6. The van der Waals surface area contributed by atoms with E-state index in [0.29, 0.717) is 55.2 Å². The third kappa shape index (κ3) is 6.23. The van der Waals surface area contributed by atoms with Crippen LogP contribution in [0.15, 0.2) is 67.5 Å². The first-order chi connectivity index (χ1) is 21.0. The molecule has 2 saturated heterocycles. The fourth-order valence-corrected chi connectivity index (χ4v) is 5.28. The number of rotatable bonds is 10. The monoisotopic (exact) mass is 580 g/mol. The molecule has 43 heavy (non-hydrogen) atoms. The van der Waals surface area contributed by atoms with E-state index in [1.165, 1.54) is 12.5 Å². The fourth-order valence-electron chi connectivity index (χ4n) is 5.28. The number of nitrogens with one attached hydrogen (secondary N) is 2. The predicted octanol–water partition coefficient (Wildman–Crippen LogP) is 4.56. The van der Waals surface area contributed by atoms with E-state index < -0.39 is 0 Å². The van der Waals surface area contributed by atoms with Crippen LogP contribution in [0.2, 0.25) is 0 Å². The molecular weight excluding hydrogens is 544 g/mol. The largest absolute Gasteiger partial charge is 0.494 e. The van der Waals surface area contributed by atoms with Gasteiger partial charge in [0, 0.05) is 54.8 Å². The molecule has 0 aliphatic carbocycles. The van der Waals surface area contributed by atoms with Crippen molar-refractivity contribution < 1.29 is 14.3 Å². The van der Waals surface area contributed by atoms with Crippen LogP contribution in [0.4, 0.5) is 23.0 Å². The lowest BCUT2D eigenvalue weighted by Crippen LogP contribution is -2.36. The molecule has 4 aromatic rings. The molecule has 0 atom stereocenters. The summed E-state index contributed by atoms with van der Waals surface area (Å²) in [7, 11) is 1.61. The maximum atomic E-state index is 12.3. The van der Waals surface area contributed by atoms with Crippen LogP contribution in [0, 0.1) is 6.92 Å². The molecule has 6 rings (SSSR count). The highest BCUT2D eigenvalue weighted by Gasteiger charge is 2.22. The highest BCUT2D eigenvalue weighted by Crippen LogP contribution is 2.38. The number of likely N-dealkylation sites (tertiary alicyclic amines) is 1. The number of hydrogen-bond acceptors (Lipinski definition) is 9. The molecule has 0 bridgehead atoms. The van der Waals surface area contributed by atoms with Crippen molar-refractivity contribution in [2.45, 2.75) is 19.9 Å². The first-order valence-electron chi connectivity index (χ1n) is 14.5. The van der Waals surface area contributed by atoms with E-state index in [4.69, 9.17) is 19.6 Å². The van der Waals surface area contributed by atoms with E-state index in [1.54, 1.807) is 13.3 Å². The fraction of sp³-hybridized carbons (Fsp3) is 0.312. The van der Waals surface area contributed by atoms with Gasteiger partial charge in [0.05, 0.1) is 43.1 Å². The maximum Gasteiger partial charge on any atom is 0.247 e. The van der Waals surface area contributed by atoms with E-state index in [2.05, 4.69) is 50.3 Å². The van der Waals surface area contributed by atoms with Crippen molar-refractivity contribution in [2.24, 2.45) is 0 Å². The second kappa shape index (κ2) is 12.6. The molecule has 2 aromatic carbocycles. The molecule has 2 aliphatic heterocycles. The number of aromatic nitrogens is 4. The van der Waals surface area contributed by atoms with Crippen LogP contribution in [0.25, 0.3) is 17.1 Å². The number of hydrogen-bond donors (Lipinski definition) is 2. The maximum absolute atomic E-state index is 12.3. The summed E-state index contributed by atoms with van der Waals surface area (Å²) >= 11 is 0. The first kappa shape index (κ1) is 28.4. The van der Waals surface area contributed by atoms with Gasteiger partial charge in [-0.2, -0.15) is 10.1 Å². The molecule has 222 valence electrons. The lowest BCUT2D eigenvalue weighted by atomic mass is 10.1. The Morgan fingerprint density at radius 1 is 1.12 bits per heavy atom. The van der Waals surface area contributed by atoms with Crippen molar-refractivity contribution in [3.63, 3.8) is 0 Å². The van der Waals surface area contributed by atoms with Crippen molar-refractivity contribution in [2.75, 3.05) is 62.0 Å². The van der Waals surface area contributed by atoms with Gasteiger partial charge in [-0.3, -0.25) is 9.69 Å². The molecule has 0 spiro atoms. The highest BCUT2D eigenvalue weighted by molar-refractivity contribution is 6.02. The van der Waals surface area contributed by atoms with Crippen LogP contribution >= 0.6 is 0 Å². The number of anilines is 4. The van der Waals surface area contributed by atoms with Gasteiger partial charge in [-0.25, -0.2) is 9.67 Å². The van der Waals surface area contributed by atoms with E-state index in [9.17, 15) is 4.79 Å². The van der Waals surface area contributed by atoms with Gasteiger partial charge in [-0.15, -0.1) is 0 Å². The summed E-state index contributed by atoms with van der Waals surface area (Å²) in [6, 6.07) is 14.0. The van der Waals surface area contributed by atoms with Gasteiger partial charge in [-0.05, 0) is 38.6 Å². The SMILES string of the molecule is C=CC(=O)Nc1cc(Nc2ncc(C)c(-n3cc(CN4CCC4)c(-c4ccccc4)n3)n2)c(OC)cc1N1CCOCC1. The van der Waals surface area contributed by atoms with Gasteiger partial charge in [-0.1, -0.05) is 36.9 Å². The third-order valence-electron chi connectivity index (χ3n) is 7.70. The number of morpholine rings is 1. The molecule has 0 unspecified atom stereocenters. The van der Waals surface area contributed by atoms with Crippen LogP contribution in [-0.2, 0) is 16.1 Å². The third-order valence-corrected chi connectivity index (χ3v) is 7.70. The normalized spacial score (nSPS) is 15.1. The molecule has 11 heteroatoms. The van der Waals surface area contributed by atoms with E-state index in [0.717, 1.165) is 47.7 Å². The molecule has 2 aliphatic rings. The highest BCUT2D eigenvalue weighted by atomic mass is 16.5. The predicted molar refractivity (Wildman–Crippen MR) is 167 cm³/mol. The zero-order valence-electron chi connectivity index (χ0n) is 24.5. The Labute approximate surface area is 251 Å². The molecule has 2 N–H and O–H groups in total. The summed E-state index contributed by atoms with van der Waals surface area (Å²) in [4.78, 5) is 26.3. The van der Waals surface area contributed by atoms with Gasteiger partial charge in [0.25, 0.3) is 0 Å². The van der Waals surface area contributed by atoms with Gasteiger partial charge in [0.2, 0.25) is 11.9 Å². The number of aryl methyl sites for hydroxylation is 1. The smallest absolute Gasteiger partial charge is 0.247 e. The average molecular weight is 581 g/mol. The topological polar surface area (TPSA) is 110 Å². The number of benzene rings is 2. The average Bonchev–Trinajstić information content (AvgIpc) is 3.44. The summed E-state index contributed by atoms with van der Waals surface area (Å²) in [6.45, 7) is 11.2. The van der Waals surface area contributed by atoms with Gasteiger partial charge >= 0.3 is 0 Å².